The number of hydrogen-bond donors (Lipinski definition) is 0. The third kappa shape index (κ3) is 7.91. The van der Waals surface area contributed by atoms with Gasteiger partial charge in [-0.05, 0) is 0 Å². The van der Waals surface area contributed by atoms with Crippen molar-refractivity contribution in [2.24, 2.45) is 0 Å². The molecule has 0 bridgehead atoms. The summed E-state index contributed by atoms with van der Waals surface area (Å²) in [5.41, 5.74) is 0. The fraction of sp³-hybridized carbons (Fsp3) is 1.00. The molecule has 4 heterocycles. The zero-order chi connectivity index (χ0) is 18.5. The van der Waals surface area contributed by atoms with E-state index in [2.05, 4.69) is 121 Å². The molecule has 0 unspecified atom stereocenters. The summed E-state index contributed by atoms with van der Waals surface area (Å²) < 4.78 is 0. The van der Waals surface area contributed by atoms with E-state index in [0.29, 0.717) is 0 Å². The molecule has 27 heavy (non-hydrogen) atoms. The minimum absolute atomic E-state index is 1.42. The molecule has 4 rings (SSSR count). The van der Waals surface area contributed by atoms with Crippen molar-refractivity contribution in [1.82, 2.24) is 0 Å². The Morgan fingerprint density at radius 1 is 0.296 bits per heavy atom. The first-order valence-electron chi connectivity index (χ1n) is 8.91. The molecule has 0 radical (unpaired) electrons. The third-order valence-corrected chi connectivity index (χ3v) is 248. The van der Waals surface area contributed by atoms with Gasteiger partial charge in [-0.15, -0.1) is 0 Å². The van der Waals surface area contributed by atoms with Crippen LogP contribution in [-0.4, -0.2) is 95.1 Å². The van der Waals surface area contributed by atoms with Gasteiger partial charge in [-0.25, -0.2) is 0 Å². The Hall–Kier alpha value is 5.83. The first-order chi connectivity index (χ1) is 13.2. The first kappa shape index (κ1) is 25.9. The standard InChI is InChI=1S/C12H24Ge3S12/c1-7-19-13(20-8-2-16-1)25-14(21-9-3-17-4-10-22-14)27-15(26-13)23-11-5-18-6-12-24-15/h1-12H2. The molecule has 4 fully saturated rings. The van der Waals surface area contributed by atoms with Gasteiger partial charge >= 0.3 is 216 Å². The molecule has 3 spiro atoms. The van der Waals surface area contributed by atoms with Crippen LogP contribution in [0, 0.1) is 0 Å². The van der Waals surface area contributed by atoms with Crippen LogP contribution < -0.4 is 0 Å². The molecular weight excluding hydrogens is 747 g/mol. The van der Waals surface area contributed by atoms with Gasteiger partial charge in [0.05, 0.1) is 0 Å². The van der Waals surface area contributed by atoms with Gasteiger partial charge < -0.3 is 0 Å². The van der Waals surface area contributed by atoms with Crippen LogP contribution in [0.1, 0.15) is 0 Å². The molecule has 4 saturated heterocycles. The van der Waals surface area contributed by atoms with E-state index in [1.807, 2.05) is 0 Å². The van der Waals surface area contributed by atoms with E-state index in [-0.39, 0.29) is 0 Å². The molecule has 0 amide bonds. The SMILES string of the molecule is C1C[S][Ge]2([S]CCS1)[S][Ge]1([S]CCSCC[S]1)[S][Ge]1([S]CCSCC[S]1)[S]2. The summed E-state index contributed by atoms with van der Waals surface area (Å²) in [6.07, 6.45) is 0. The molecule has 0 aromatic rings. The molecule has 4 aliphatic rings. The van der Waals surface area contributed by atoms with Crippen LogP contribution in [-0.2, 0) is 0 Å². The van der Waals surface area contributed by atoms with Crippen molar-refractivity contribution in [3.05, 3.63) is 0 Å². The fourth-order valence-corrected chi connectivity index (χ4v) is 556. The quantitative estimate of drug-likeness (QED) is 0.230. The van der Waals surface area contributed by atoms with Gasteiger partial charge in [-0.3, -0.25) is 0 Å². The second-order valence-corrected chi connectivity index (χ2v) is 118. The zero-order valence-electron chi connectivity index (χ0n) is 14.9. The van der Waals surface area contributed by atoms with E-state index in [9.17, 15) is 0 Å². The van der Waals surface area contributed by atoms with Gasteiger partial charge in [0.25, 0.3) is 0 Å². The van der Waals surface area contributed by atoms with Crippen molar-refractivity contribution in [2.45, 2.75) is 0 Å². The van der Waals surface area contributed by atoms with Crippen molar-refractivity contribution in [3.63, 3.8) is 0 Å². The van der Waals surface area contributed by atoms with E-state index in [4.69, 9.17) is 0 Å². The predicted octanol–water partition coefficient (Wildman–Crippen LogP) is 7.15. The van der Waals surface area contributed by atoms with Crippen LogP contribution >= 0.6 is 121 Å². The Morgan fingerprint density at radius 3 is 0.741 bits per heavy atom. The first-order valence-corrected chi connectivity index (χ1v) is 51.6. The van der Waals surface area contributed by atoms with Crippen LogP contribution in [0.15, 0.2) is 0 Å². The molecule has 4 aliphatic heterocycles. The Kier molecular flexibility index (Phi) is 12.7. The molecule has 0 saturated carbocycles. The average molecular weight is 771 g/mol. The average Bonchev–Trinajstić information content (AvgIpc) is 2.60. The summed E-state index contributed by atoms with van der Waals surface area (Å²) in [4.78, 5) is 0. The van der Waals surface area contributed by atoms with E-state index in [1.54, 1.807) is 0 Å². The van der Waals surface area contributed by atoms with Crippen LogP contribution in [0.5, 0.6) is 0 Å². The molecule has 156 valence electrons. The Bertz CT molecular complexity index is 382. The van der Waals surface area contributed by atoms with Crippen molar-refractivity contribution in [1.29, 1.82) is 0 Å². The van der Waals surface area contributed by atoms with Crippen LogP contribution in [0.4, 0.5) is 0 Å². The topological polar surface area (TPSA) is 0 Å². The summed E-state index contributed by atoms with van der Waals surface area (Å²) >= 11 is 6.63. The fourth-order valence-electron chi connectivity index (χ4n) is 2.66. The van der Waals surface area contributed by atoms with Crippen molar-refractivity contribution < 1.29 is 0 Å². The van der Waals surface area contributed by atoms with Crippen LogP contribution in [0.25, 0.3) is 0 Å². The molecule has 0 N–H and O–H groups in total. The van der Waals surface area contributed by atoms with Gasteiger partial charge in [0.1, 0.15) is 0 Å². The van der Waals surface area contributed by atoms with E-state index in [0.717, 1.165) is 0 Å². The molecule has 0 nitrogen and oxygen atoms in total. The third-order valence-electron chi connectivity index (χ3n) is 3.79. The summed E-state index contributed by atoms with van der Waals surface area (Å²) in [5.74, 6) is 17.2. The van der Waals surface area contributed by atoms with Crippen LogP contribution in [0.2, 0.25) is 0 Å². The molecule has 0 aliphatic carbocycles. The van der Waals surface area contributed by atoms with Gasteiger partial charge in [-0.2, -0.15) is 0 Å². The van der Waals surface area contributed by atoms with Crippen LogP contribution in [0.3, 0.4) is 0 Å². The minimum atomic E-state index is -1.98. The van der Waals surface area contributed by atoms with Gasteiger partial charge in [0.2, 0.25) is 0 Å². The molecule has 0 aromatic carbocycles. The summed E-state index contributed by atoms with van der Waals surface area (Å²) in [5, 5.41) is 0. The number of rotatable bonds is 0. The molecule has 0 atom stereocenters. The van der Waals surface area contributed by atoms with Crippen molar-refractivity contribution in [2.75, 3.05) is 69.0 Å². The molecule has 0 aromatic heterocycles. The maximum atomic E-state index is 2.75. The van der Waals surface area contributed by atoms with Gasteiger partial charge in [-0.1, -0.05) is 0 Å². The Labute approximate surface area is 212 Å². The Balaban J connectivity index is 1.62. The van der Waals surface area contributed by atoms with Gasteiger partial charge in [0, 0.05) is 0 Å². The number of hydrogen-bond acceptors (Lipinski definition) is 12. The molecular formula is C12H24Ge3S12. The maximum absolute atomic E-state index is 2.75. The van der Waals surface area contributed by atoms with E-state index in [1.165, 1.54) is 69.0 Å². The van der Waals surface area contributed by atoms with E-state index < -0.39 is 26.1 Å². The van der Waals surface area contributed by atoms with E-state index >= 15 is 0 Å². The molecule has 15 heteroatoms. The number of thioether (sulfide) groups is 3. The normalized spacial score (nSPS) is 32.0. The summed E-state index contributed by atoms with van der Waals surface area (Å²) in [6.45, 7) is 0. The Morgan fingerprint density at radius 2 is 0.519 bits per heavy atom. The van der Waals surface area contributed by atoms with Gasteiger partial charge in [0.15, 0.2) is 0 Å². The summed E-state index contributed by atoms with van der Waals surface area (Å²) in [7, 11) is 17.6. The second kappa shape index (κ2) is 13.2. The predicted molar refractivity (Wildman–Crippen MR) is 167 cm³/mol. The zero-order valence-corrected chi connectivity index (χ0v) is 31.0. The second-order valence-electron chi connectivity index (χ2n) is 5.73. The summed E-state index contributed by atoms with van der Waals surface area (Å²) in [6, 6.07) is 0. The van der Waals surface area contributed by atoms with Crippen molar-refractivity contribution >= 4 is 147 Å². The monoisotopic (exact) mass is 774 g/mol. The van der Waals surface area contributed by atoms with Crippen molar-refractivity contribution in [3.8, 4) is 0 Å².